The second-order valence-electron chi connectivity index (χ2n) is 7.04. The largest absolute Gasteiger partial charge is 0.481 e. The van der Waals surface area contributed by atoms with Gasteiger partial charge in [0.25, 0.3) is 5.91 Å². The van der Waals surface area contributed by atoms with E-state index in [1.807, 2.05) is 18.2 Å². The Morgan fingerprint density at radius 2 is 1.83 bits per heavy atom. The third kappa shape index (κ3) is 4.35. The van der Waals surface area contributed by atoms with Crippen molar-refractivity contribution in [2.45, 2.75) is 51.1 Å². The molecule has 1 saturated carbocycles. The van der Waals surface area contributed by atoms with Gasteiger partial charge in [-0.2, -0.15) is 0 Å². The van der Waals surface area contributed by atoms with Crippen LogP contribution in [0.15, 0.2) is 24.3 Å². The molecule has 0 radical (unpaired) electrons. The lowest BCUT2D eigenvalue weighted by molar-refractivity contribution is -0.142. The Morgan fingerprint density at radius 3 is 2.50 bits per heavy atom. The molecule has 1 saturated heterocycles. The van der Waals surface area contributed by atoms with E-state index in [9.17, 15) is 9.59 Å². The van der Waals surface area contributed by atoms with Crippen molar-refractivity contribution in [3.63, 3.8) is 0 Å². The van der Waals surface area contributed by atoms with Crippen LogP contribution in [0.5, 0.6) is 0 Å². The molecule has 1 aliphatic carbocycles. The van der Waals surface area contributed by atoms with Crippen molar-refractivity contribution in [3.05, 3.63) is 35.4 Å². The average Bonchev–Trinajstić information content (AvgIpc) is 3.08. The summed E-state index contributed by atoms with van der Waals surface area (Å²) in [5.41, 5.74) is 1.88. The van der Waals surface area contributed by atoms with Gasteiger partial charge in [0.05, 0.1) is 5.92 Å². The Kier molecular flexibility index (Phi) is 5.51. The van der Waals surface area contributed by atoms with Gasteiger partial charge in [0.2, 0.25) is 0 Å². The first-order chi connectivity index (χ1) is 11.6. The Labute approximate surface area is 143 Å². The smallest absolute Gasteiger partial charge is 0.306 e. The summed E-state index contributed by atoms with van der Waals surface area (Å²) in [6.07, 6.45) is 5.31. The molecule has 0 spiro atoms. The molecule has 1 amide bonds. The van der Waals surface area contributed by atoms with Crippen molar-refractivity contribution >= 4 is 11.9 Å². The lowest BCUT2D eigenvalue weighted by Gasteiger charge is -2.26. The molecular weight excluding hydrogens is 304 g/mol. The number of nitrogens with one attached hydrogen (secondary N) is 1. The molecule has 5 heteroatoms. The summed E-state index contributed by atoms with van der Waals surface area (Å²) in [6, 6.07) is 7.95. The first kappa shape index (κ1) is 17.0. The van der Waals surface area contributed by atoms with E-state index in [0.717, 1.165) is 32.5 Å². The fraction of sp³-hybridized carbons (Fsp3) is 0.579. The highest BCUT2D eigenvalue weighted by Gasteiger charge is 2.26. The maximum Gasteiger partial charge on any atom is 0.306 e. The van der Waals surface area contributed by atoms with E-state index in [1.165, 1.54) is 18.4 Å². The van der Waals surface area contributed by atoms with Crippen LogP contribution in [0.3, 0.4) is 0 Å². The summed E-state index contributed by atoms with van der Waals surface area (Å²) in [6.45, 7) is 3.19. The minimum Gasteiger partial charge on any atom is -0.481 e. The van der Waals surface area contributed by atoms with Crippen molar-refractivity contribution in [3.8, 4) is 0 Å². The van der Waals surface area contributed by atoms with Gasteiger partial charge < -0.3 is 10.4 Å². The Bertz CT molecular complexity index is 588. The highest BCUT2D eigenvalue weighted by atomic mass is 16.4. The lowest BCUT2D eigenvalue weighted by atomic mass is 9.86. The molecule has 0 unspecified atom stereocenters. The third-order valence-corrected chi connectivity index (χ3v) is 5.21. The van der Waals surface area contributed by atoms with Crippen LogP contribution >= 0.6 is 0 Å². The maximum atomic E-state index is 12.5. The molecule has 0 atom stereocenters. The number of rotatable bonds is 5. The molecule has 3 rings (SSSR count). The highest BCUT2D eigenvalue weighted by molar-refractivity contribution is 5.94. The Morgan fingerprint density at radius 1 is 1.12 bits per heavy atom. The molecule has 1 aromatic carbocycles. The number of aliphatic carboxylic acids is 1. The molecular formula is C19H26N2O3. The highest BCUT2D eigenvalue weighted by Crippen LogP contribution is 2.24. The first-order valence-electron chi connectivity index (χ1n) is 8.97. The zero-order chi connectivity index (χ0) is 16.9. The number of nitrogens with zero attached hydrogens (tertiary/aromatic N) is 1. The normalized spacial score (nSPS) is 24.7. The number of likely N-dealkylation sites (tertiary alicyclic amines) is 1. The fourth-order valence-corrected chi connectivity index (χ4v) is 3.76. The van der Waals surface area contributed by atoms with Crippen LogP contribution in [-0.4, -0.2) is 41.0 Å². The molecule has 0 aromatic heterocycles. The molecule has 0 bridgehead atoms. The van der Waals surface area contributed by atoms with Crippen LogP contribution < -0.4 is 5.32 Å². The molecule has 130 valence electrons. The van der Waals surface area contributed by atoms with E-state index in [0.29, 0.717) is 18.4 Å². The molecule has 1 aromatic rings. The number of hydrogen-bond donors (Lipinski definition) is 2. The van der Waals surface area contributed by atoms with Crippen LogP contribution in [-0.2, 0) is 11.3 Å². The molecule has 1 heterocycles. The van der Waals surface area contributed by atoms with E-state index in [1.54, 1.807) is 0 Å². The van der Waals surface area contributed by atoms with Gasteiger partial charge in [-0.15, -0.1) is 0 Å². The maximum absolute atomic E-state index is 12.5. The number of carboxylic acid groups (broad SMARTS) is 1. The predicted octanol–water partition coefficient (Wildman–Crippen LogP) is 2.66. The topological polar surface area (TPSA) is 69.6 Å². The number of hydrogen-bond acceptors (Lipinski definition) is 3. The standard InChI is InChI=1S/C19H26N2O3/c22-18(20-17-8-6-15(7-9-17)19(23)24)16-5-3-4-14(12-16)13-21-10-1-2-11-21/h3-5,12,15,17H,1-2,6-11,13H2,(H,20,22)(H,23,24). The second kappa shape index (κ2) is 7.79. The van der Waals surface area contributed by atoms with Crippen LogP contribution in [0, 0.1) is 5.92 Å². The number of carbonyl (C=O) groups is 2. The van der Waals surface area contributed by atoms with Crippen LogP contribution in [0.1, 0.15) is 54.4 Å². The van der Waals surface area contributed by atoms with E-state index in [4.69, 9.17) is 5.11 Å². The van der Waals surface area contributed by atoms with Crippen molar-refractivity contribution in [2.75, 3.05) is 13.1 Å². The van der Waals surface area contributed by atoms with E-state index in [2.05, 4.69) is 16.3 Å². The minimum absolute atomic E-state index is 0.0444. The van der Waals surface area contributed by atoms with Gasteiger partial charge in [-0.25, -0.2) is 0 Å². The first-order valence-corrected chi connectivity index (χ1v) is 8.97. The quantitative estimate of drug-likeness (QED) is 0.871. The van der Waals surface area contributed by atoms with Crippen LogP contribution in [0.4, 0.5) is 0 Å². The second-order valence-corrected chi connectivity index (χ2v) is 7.04. The van der Waals surface area contributed by atoms with Gasteiger partial charge in [-0.05, 0) is 69.3 Å². The van der Waals surface area contributed by atoms with Gasteiger partial charge in [0.15, 0.2) is 0 Å². The third-order valence-electron chi connectivity index (χ3n) is 5.21. The fourth-order valence-electron chi connectivity index (χ4n) is 3.76. The Hall–Kier alpha value is -1.88. The van der Waals surface area contributed by atoms with Crippen LogP contribution in [0.25, 0.3) is 0 Å². The predicted molar refractivity (Wildman–Crippen MR) is 91.8 cm³/mol. The summed E-state index contributed by atoms with van der Waals surface area (Å²) in [5.74, 6) is -1.01. The van der Waals surface area contributed by atoms with Crippen molar-refractivity contribution in [2.24, 2.45) is 5.92 Å². The summed E-state index contributed by atoms with van der Waals surface area (Å²) in [7, 11) is 0. The zero-order valence-corrected chi connectivity index (χ0v) is 14.0. The zero-order valence-electron chi connectivity index (χ0n) is 14.0. The monoisotopic (exact) mass is 330 g/mol. The van der Waals surface area contributed by atoms with Gasteiger partial charge >= 0.3 is 5.97 Å². The molecule has 2 N–H and O–H groups in total. The number of amides is 1. The molecule has 1 aliphatic heterocycles. The van der Waals surface area contributed by atoms with Gasteiger partial charge in [0, 0.05) is 18.2 Å². The SMILES string of the molecule is O=C(NC1CCC(C(=O)O)CC1)c1cccc(CN2CCCC2)c1. The number of benzene rings is 1. The van der Waals surface area contributed by atoms with Crippen LogP contribution in [0.2, 0.25) is 0 Å². The minimum atomic E-state index is -0.714. The molecule has 2 aliphatic rings. The summed E-state index contributed by atoms with van der Waals surface area (Å²) in [4.78, 5) is 25.9. The Balaban J connectivity index is 1.54. The number of carbonyl (C=O) groups excluding carboxylic acids is 1. The molecule has 5 nitrogen and oxygen atoms in total. The van der Waals surface area contributed by atoms with E-state index >= 15 is 0 Å². The van der Waals surface area contributed by atoms with E-state index < -0.39 is 5.97 Å². The van der Waals surface area contributed by atoms with Gasteiger partial charge in [0.1, 0.15) is 0 Å². The van der Waals surface area contributed by atoms with Gasteiger partial charge in [-0.1, -0.05) is 12.1 Å². The average molecular weight is 330 g/mol. The molecule has 2 fully saturated rings. The number of carboxylic acids is 1. The lowest BCUT2D eigenvalue weighted by Crippen LogP contribution is -2.38. The molecule has 24 heavy (non-hydrogen) atoms. The van der Waals surface area contributed by atoms with Gasteiger partial charge in [-0.3, -0.25) is 14.5 Å². The van der Waals surface area contributed by atoms with Crippen molar-refractivity contribution < 1.29 is 14.7 Å². The van der Waals surface area contributed by atoms with E-state index in [-0.39, 0.29) is 17.9 Å². The summed E-state index contributed by atoms with van der Waals surface area (Å²) >= 11 is 0. The summed E-state index contributed by atoms with van der Waals surface area (Å²) in [5, 5.41) is 12.1. The van der Waals surface area contributed by atoms with Crippen molar-refractivity contribution in [1.29, 1.82) is 0 Å². The summed E-state index contributed by atoms with van der Waals surface area (Å²) < 4.78 is 0. The van der Waals surface area contributed by atoms with Crippen molar-refractivity contribution in [1.82, 2.24) is 10.2 Å².